The number of benzene rings is 4. The standard InChI is InChI=1S/C34H26FN3O5S/c1-21(39)22-14-16-26(17-15-22)38-31(40)20-30(34(38)43)44-27-12-7-11-25(19-27)36-33(42)29(18-24-10-5-6-13-28(24)35)37-32(41)23-8-3-2-4-9-23/h2-19,30H,20H2,1H3,(H,36,42)(H,37,41)/b29-18-/t30-/m1/s1. The number of carbonyl (C=O) groups is 5. The summed E-state index contributed by atoms with van der Waals surface area (Å²) in [6.45, 7) is 1.44. The molecule has 4 aromatic carbocycles. The van der Waals surface area contributed by atoms with Gasteiger partial charge in [-0.2, -0.15) is 0 Å². The molecule has 4 aromatic rings. The van der Waals surface area contributed by atoms with E-state index in [4.69, 9.17) is 0 Å². The van der Waals surface area contributed by atoms with E-state index in [1.165, 1.54) is 43.0 Å². The van der Waals surface area contributed by atoms with Gasteiger partial charge in [0.1, 0.15) is 11.5 Å². The highest BCUT2D eigenvalue weighted by Crippen LogP contribution is 2.35. The van der Waals surface area contributed by atoms with Crippen molar-refractivity contribution in [2.45, 2.75) is 23.5 Å². The molecular formula is C34H26FN3O5S. The highest BCUT2D eigenvalue weighted by molar-refractivity contribution is 8.00. The van der Waals surface area contributed by atoms with Crippen molar-refractivity contribution in [3.05, 3.63) is 131 Å². The van der Waals surface area contributed by atoms with Crippen LogP contribution in [0.1, 0.15) is 39.6 Å². The molecule has 220 valence electrons. The third-order valence-electron chi connectivity index (χ3n) is 6.74. The molecule has 0 spiro atoms. The third-order valence-corrected chi connectivity index (χ3v) is 7.92. The molecule has 1 atom stereocenters. The fourth-order valence-corrected chi connectivity index (χ4v) is 5.63. The average molecular weight is 608 g/mol. The van der Waals surface area contributed by atoms with E-state index in [9.17, 15) is 28.4 Å². The molecule has 2 N–H and O–H groups in total. The average Bonchev–Trinajstić information content (AvgIpc) is 3.30. The zero-order valence-corrected chi connectivity index (χ0v) is 24.3. The Balaban J connectivity index is 1.32. The van der Waals surface area contributed by atoms with E-state index in [2.05, 4.69) is 10.6 Å². The maximum atomic E-state index is 14.4. The minimum absolute atomic E-state index is 0.0183. The fourth-order valence-electron chi connectivity index (χ4n) is 4.51. The summed E-state index contributed by atoms with van der Waals surface area (Å²) in [6.07, 6.45) is 1.24. The molecule has 8 nitrogen and oxygen atoms in total. The second-order valence-corrected chi connectivity index (χ2v) is 11.1. The lowest BCUT2D eigenvalue weighted by Crippen LogP contribution is -2.31. The van der Waals surface area contributed by atoms with E-state index in [1.54, 1.807) is 84.9 Å². The van der Waals surface area contributed by atoms with Crippen molar-refractivity contribution < 1.29 is 28.4 Å². The number of amides is 4. The number of hydrogen-bond acceptors (Lipinski definition) is 6. The van der Waals surface area contributed by atoms with Gasteiger partial charge in [0.25, 0.3) is 11.8 Å². The number of Topliss-reactive ketones (excluding diaryl/α,β-unsaturated/α-hetero) is 1. The Morgan fingerprint density at radius 2 is 1.57 bits per heavy atom. The molecule has 10 heteroatoms. The molecule has 0 bridgehead atoms. The van der Waals surface area contributed by atoms with Gasteiger partial charge in [-0.25, -0.2) is 9.29 Å². The predicted octanol–water partition coefficient (Wildman–Crippen LogP) is 5.86. The van der Waals surface area contributed by atoms with E-state index in [1.807, 2.05) is 0 Å². The van der Waals surface area contributed by atoms with Gasteiger partial charge in [-0.1, -0.05) is 42.5 Å². The van der Waals surface area contributed by atoms with Crippen molar-refractivity contribution in [3.63, 3.8) is 0 Å². The smallest absolute Gasteiger partial charge is 0.272 e. The zero-order chi connectivity index (χ0) is 31.2. The molecule has 0 aliphatic carbocycles. The second kappa shape index (κ2) is 13.3. The van der Waals surface area contributed by atoms with Crippen LogP contribution >= 0.6 is 11.8 Å². The van der Waals surface area contributed by atoms with Crippen LogP contribution in [-0.4, -0.2) is 34.7 Å². The highest BCUT2D eigenvalue weighted by atomic mass is 32.2. The monoisotopic (exact) mass is 607 g/mol. The summed E-state index contributed by atoms with van der Waals surface area (Å²) in [7, 11) is 0. The van der Waals surface area contributed by atoms with Crippen molar-refractivity contribution in [3.8, 4) is 0 Å². The van der Waals surface area contributed by atoms with Gasteiger partial charge in [0.15, 0.2) is 5.78 Å². The first kappa shape index (κ1) is 30.1. The van der Waals surface area contributed by atoms with Crippen LogP contribution in [0.25, 0.3) is 6.08 Å². The minimum atomic E-state index is -0.692. The molecule has 4 amide bonds. The Morgan fingerprint density at radius 1 is 0.864 bits per heavy atom. The minimum Gasteiger partial charge on any atom is -0.321 e. The summed E-state index contributed by atoms with van der Waals surface area (Å²) in [4.78, 5) is 65.5. The van der Waals surface area contributed by atoms with Gasteiger partial charge in [0.2, 0.25) is 11.8 Å². The van der Waals surface area contributed by atoms with E-state index in [-0.39, 0.29) is 35.3 Å². The van der Waals surface area contributed by atoms with E-state index in [0.29, 0.717) is 27.4 Å². The SMILES string of the molecule is CC(=O)c1ccc(N2C(=O)C[C@@H](Sc3cccc(NC(=O)/C(=C/c4ccccc4F)NC(=O)c4ccccc4)c3)C2=O)cc1. The number of imide groups is 1. The van der Waals surface area contributed by atoms with Crippen LogP contribution in [0, 0.1) is 5.82 Å². The van der Waals surface area contributed by atoms with Gasteiger partial charge < -0.3 is 10.6 Å². The number of carbonyl (C=O) groups excluding carboxylic acids is 5. The molecule has 0 radical (unpaired) electrons. The molecule has 0 aromatic heterocycles. The first-order valence-electron chi connectivity index (χ1n) is 13.6. The van der Waals surface area contributed by atoms with E-state index in [0.717, 1.165) is 4.90 Å². The maximum Gasteiger partial charge on any atom is 0.272 e. The molecule has 5 rings (SSSR count). The van der Waals surface area contributed by atoms with Crippen LogP contribution in [0.15, 0.2) is 114 Å². The fraction of sp³-hybridized carbons (Fsp3) is 0.0882. The zero-order valence-electron chi connectivity index (χ0n) is 23.5. The van der Waals surface area contributed by atoms with Crippen LogP contribution in [0.2, 0.25) is 0 Å². The molecule has 44 heavy (non-hydrogen) atoms. The molecule has 1 aliphatic heterocycles. The lowest BCUT2D eigenvalue weighted by atomic mass is 10.1. The Labute approximate surface area is 257 Å². The summed E-state index contributed by atoms with van der Waals surface area (Å²) in [5.41, 5.74) is 1.48. The largest absolute Gasteiger partial charge is 0.321 e. The van der Waals surface area contributed by atoms with Gasteiger partial charge in [-0.15, -0.1) is 11.8 Å². The van der Waals surface area contributed by atoms with Crippen molar-refractivity contribution >= 4 is 58.6 Å². The molecule has 1 fully saturated rings. The van der Waals surface area contributed by atoms with Crippen molar-refractivity contribution in [1.29, 1.82) is 0 Å². The molecule has 0 saturated carbocycles. The number of halogens is 1. The van der Waals surface area contributed by atoms with Crippen LogP contribution in [0.4, 0.5) is 15.8 Å². The van der Waals surface area contributed by atoms with Crippen molar-refractivity contribution in [2.75, 3.05) is 10.2 Å². The number of rotatable bonds is 9. The van der Waals surface area contributed by atoms with Gasteiger partial charge in [-0.3, -0.25) is 24.0 Å². The number of hydrogen-bond donors (Lipinski definition) is 2. The Bertz CT molecular complexity index is 1790. The normalized spacial score (nSPS) is 14.8. The lowest BCUT2D eigenvalue weighted by Gasteiger charge is -2.15. The Hall–Kier alpha value is -5.35. The van der Waals surface area contributed by atoms with Crippen molar-refractivity contribution in [2.24, 2.45) is 0 Å². The van der Waals surface area contributed by atoms with Crippen LogP contribution in [0.5, 0.6) is 0 Å². The summed E-state index contributed by atoms with van der Waals surface area (Å²) in [5, 5.41) is 4.61. The Kier molecular flexibility index (Phi) is 9.11. The molecular weight excluding hydrogens is 581 g/mol. The Morgan fingerprint density at radius 3 is 2.27 bits per heavy atom. The first-order valence-corrected chi connectivity index (χ1v) is 14.5. The summed E-state index contributed by atoms with van der Waals surface area (Å²) >= 11 is 1.18. The highest BCUT2D eigenvalue weighted by Gasteiger charge is 2.40. The van der Waals surface area contributed by atoms with E-state index >= 15 is 0 Å². The summed E-state index contributed by atoms with van der Waals surface area (Å²) in [5.74, 6) is -2.66. The molecule has 1 aliphatic rings. The summed E-state index contributed by atoms with van der Waals surface area (Å²) in [6, 6.07) is 27.1. The molecule has 1 heterocycles. The van der Waals surface area contributed by atoms with Crippen LogP contribution in [-0.2, 0) is 14.4 Å². The third kappa shape index (κ3) is 6.99. The number of anilines is 2. The van der Waals surface area contributed by atoms with Gasteiger partial charge in [0, 0.05) is 33.7 Å². The maximum absolute atomic E-state index is 14.4. The number of ketones is 1. The molecule has 1 saturated heterocycles. The van der Waals surface area contributed by atoms with Gasteiger partial charge in [0.05, 0.1) is 10.9 Å². The number of nitrogens with zero attached hydrogens (tertiary/aromatic N) is 1. The second-order valence-electron chi connectivity index (χ2n) is 9.86. The predicted molar refractivity (Wildman–Crippen MR) is 167 cm³/mol. The van der Waals surface area contributed by atoms with Gasteiger partial charge in [-0.05, 0) is 73.7 Å². The molecule has 0 unspecified atom stereocenters. The summed E-state index contributed by atoms with van der Waals surface area (Å²) < 4.78 is 14.4. The van der Waals surface area contributed by atoms with Gasteiger partial charge >= 0.3 is 0 Å². The van der Waals surface area contributed by atoms with Crippen molar-refractivity contribution in [1.82, 2.24) is 5.32 Å². The lowest BCUT2D eigenvalue weighted by molar-refractivity contribution is -0.121. The first-order chi connectivity index (χ1) is 21.2. The van der Waals surface area contributed by atoms with Crippen LogP contribution < -0.4 is 15.5 Å². The number of thioether (sulfide) groups is 1. The van der Waals surface area contributed by atoms with Crippen LogP contribution in [0.3, 0.4) is 0 Å². The quantitative estimate of drug-likeness (QED) is 0.140. The topological polar surface area (TPSA) is 113 Å². The van der Waals surface area contributed by atoms with E-state index < -0.39 is 22.9 Å². The number of nitrogens with one attached hydrogen (secondary N) is 2.